The average molecular weight is 452 g/mol. The Bertz CT molecular complexity index is 420. The van der Waals surface area contributed by atoms with Gasteiger partial charge in [0.1, 0.15) is 0 Å². The van der Waals surface area contributed by atoms with E-state index in [0.717, 1.165) is 0 Å². The molecule has 0 saturated heterocycles. The molecule has 6 heteroatoms. The van der Waals surface area contributed by atoms with Gasteiger partial charge in [-0.2, -0.15) is 0 Å². The Kier molecular flexibility index (Phi) is 23.5. The van der Waals surface area contributed by atoms with E-state index in [4.69, 9.17) is 17.5 Å². The van der Waals surface area contributed by atoms with Crippen molar-refractivity contribution in [1.29, 1.82) is 0 Å². The van der Waals surface area contributed by atoms with Crippen LogP contribution in [0, 0.1) is 0 Å². The van der Waals surface area contributed by atoms with Crippen LogP contribution in [0.15, 0.2) is 0 Å². The summed E-state index contributed by atoms with van der Waals surface area (Å²) in [6.07, 6.45) is 23.4. The zero-order valence-electron chi connectivity index (χ0n) is 20.7. The van der Waals surface area contributed by atoms with E-state index in [1.807, 2.05) is 0 Å². The lowest BCUT2D eigenvalue weighted by atomic mass is 10.0. The third-order valence-corrected chi connectivity index (χ3v) is 6.50. The van der Waals surface area contributed by atoms with Gasteiger partial charge in [0, 0.05) is 0 Å². The zero-order chi connectivity index (χ0) is 23.1. The highest BCUT2D eigenvalue weighted by Gasteiger charge is 2.19. The first kappa shape index (κ1) is 32.0. The maximum Gasteiger partial charge on any atom is 0.215 e. The minimum absolute atomic E-state index is 1.31. The maximum absolute atomic E-state index is 8.63. The highest BCUT2D eigenvalue weighted by Crippen LogP contribution is 2.15. The Morgan fingerprint density at radius 1 is 0.567 bits per heavy atom. The summed E-state index contributed by atoms with van der Waals surface area (Å²) < 4.78 is 34.2. The number of rotatable bonds is 20. The molecule has 5 nitrogen and oxygen atoms in total. The molecule has 0 radical (unpaired) electrons. The lowest BCUT2D eigenvalue weighted by Crippen LogP contribution is -2.48. The van der Waals surface area contributed by atoms with Crippen molar-refractivity contribution in [2.75, 3.05) is 26.2 Å². The third kappa shape index (κ3) is 25.9. The topological polar surface area (TPSA) is 77.4 Å². The third-order valence-electron chi connectivity index (χ3n) is 6.50. The van der Waals surface area contributed by atoms with Gasteiger partial charge in [-0.05, 0) is 33.6 Å². The van der Waals surface area contributed by atoms with Crippen molar-refractivity contribution in [3.05, 3.63) is 0 Å². The molecule has 0 saturated carbocycles. The van der Waals surface area contributed by atoms with Crippen molar-refractivity contribution in [1.82, 2.24) is 0 Å². The smallest absolute Gasteiger partial charge is 0.215 e. The van der Waals surface area contributed by atoms with Crippen LogP contribution in [0.4, 0.5) is 0 Å². The summed E-state index contributed by atoms with van der Waals surface area (Å²) in [5.74, 6) is 0. The molecule has 0 aliphatic rings. The first-order chi connectivity index (χ1) is 14.2. The normalized spacial score (nSPS) is 11.9. The van der Waals surface area contributed by atoms with Crippen LogP contribution in [0.2, 0.25) is 0 Å². The molecular weight excluding hydrogens is 398 g/mol. The Labute approximate surface area is 189 Å². The summed E-state index contributed by atoms with van der Waals surface area (Å²) in [5.41, 5.74) is 0. The van der Waals surface area contributed by atoms with Crippen LogP contribution >= 0.6 is 0 Å². The number of nitrogens with zero attached hydrogens (tertiary/aromatic N) is 1. The fourth-order valence-electron chi connectivity index (χ4n) is 4.14. The van der Waals surface area contributed by atoms with Crippen LogP contribution in [0.3, 0.4) is 0 Å². The second-order valence-electron chi connectivity index (χ2n) is 8.74. The van der Waals surface area contributed by atoms with E-state index >= 15 is 0 Å². The molecule has 0 rings (SSSR count). The molecule has 1 N–H and O–H groups in total. The minimum atomic E-state index is -4.92. The largest absolute Gasteiger partial charge is 0.726 e. The highest BCUT2D eigenvalue weighted by molar-refractivity contribution is 7.79. The van der Waals surface area contributed by atoms with Crippen molar-refractivity contribution in [2.24, 2.45) is 0 Å². The molecular formula is C24H53NO4S. The van der Waals surface area contributed by atoms with Crippen LogP contribution < -0.4 is 0 Å². The van der Waals surface area contributed by atoms with Gasteiger partial charge in [-0.1, -0.05) is 96.8 Å². The molecule has 0 unspecified atom stereocenters. The monoisotopic (exact) mass is 451 g/mol. The van der Waals surface area contributed by atoms with Crippen molar-refractivity contribution in [3.63, 3.8) is 0 Å². The predicted octanol–water partition coefficient (Wildman–Crippen LogP) is 7.13. The summed E-state index contributed by atoms with van der Waals surface area (Å²) in [7, 11) is -4.92. The predicted molar refractivity (Wildman–Crippen MR) is 129 cm³/mol. The van der Waals surface area contributed by atoms with Gasteiger partial charge in [-0.15, -0.1) is 0 Å². The van der Waals surface area contributed by atoms with Gasteiger partial charge in [-0.25, -0.2) is 8.42 Å². The highest BCUT2D eigenvalue weighted by atomic mass is 32.3. The van der Waals surface area contributed by atoms with Gasteiger partial charge in [0.15, 0.2) is 0 Å². The molecule has 30 heavy (non-hydrogen) atoms. The average Bonchev–Trinajstić information content (AvgIpc) is 2.70. The van der Waals surface area contributed by atoms with E-state index < -0.39 is 10.4 Å². The van der Waals surface area contributed by atoms with Crippen molar-refractivity contribution in [2.45, 2.75) is 130 Å². The Morgan fingerprint density at radius 2 is 0.800 bits per heavy atom. The first-order valence-electron chi connectivity index (χ1n) is 12.8. The fourth-order valence-corrected chi connectivity index (χ4v) is 4.14. The van der Waals surface area contributed by atoms with Gasteiger partial charge in [0.25, 0.3) is 0 Å². The number of hydrogen-bond acceptors (Lipinski definition) is 3. The summed E-state index contributed by atoms with van der Waals surface area (Å²) in [4.78, 5) is 0. The number of unbranched alkanes of at least 4 members (excludes halogenated alkanes) is 15. The summed E-state index contributed by atoms with van der Waals surface area (Å²) in [5, 5.41) is 0. The second kappa shape index (κ2) is 22.0. The Hall–Kier alpha value is -0.170. The molecule has 0 fully saturated rings. The molecule has 0 bridgehead atoms. The van der Waals surface area contributed by atoms with E-state index in [9.17, 15) is 0 Å². The van der Waals surface area contributed by atoms with E-state index in [2.05, 4.69) is 27.7 Å². The quantitative estimate of drug-likeness (QED) is 0.0924. The van der Waals surface area contributed by atoms with Crippen LogP contribution in [0.1, 0.15) is 130 Å². The van der Waals surface area contributed by atoms with E-state index in [1.165, 1.54) is 133 Å². The summed E-state index contributed by atoms with van der Waals surface area (Å²) in [6.45, 7) is 14.7. The molecule has 0 amide bonds. The van der Waals surface area contributed by atoms with Gasteiger partial charge < -0.3 is 9.04 Å². The molecule has 0 aromatic rings. The van der Waals surface area contributed by atoms with Crippen LogP contribution in [-0.4, -0.2) is 48.2 Å². The van der Waals surface area contributed by atoms with E-state index in [0.29, 0.717) is 0 Å². The van der Waals surface area contributed by atoms with Gasteiger partial charge in [0.2, 0.25) is 10.4 Å². The van der Waals surface area contributed by atoms with Crippen molar-refractivity contribution >= 4 is 10.4 Å². The van der Waals surface area contributed by atoms with Gasteiger partial charge in [0.05, 0.1) is 26.2 Å². The van der Waals surface area contributed by atoms with Crippen LogP contribution in [0.5, 0.6) is 0 Å². The summed E-state index contributed by atoms with van der Waals surface area (Å²) >= 11 is 0. The van der Waals surface area contributed by atoms with Crippen molar-refractivity contribution < 1.29 is 22.0 Å². The Morgan fingerprint density at radius 3 is 1.03 bits per heavy atom. The van der Waals surface area contributed by atoms with E-state index in [-0.39, 0.29) is 0 Å². The molecule has 0 aromatic heterocycles. The SMILES string of the molecule is CCCCCCCCCCCCCCCCCC[N+](CC)(CC)CC.O=S(=O)([O-])O. The maximum atomic E-state index is 8.63. The fraction of sp³-hybridized carbons (Fsp3) is 1.00. The van der Waals surface area contributed by atoms with E-state index in [1.54, 1.807) is 0 Å². The van der Waals surface area contributed by atoms with Crippen LogP contribution in [0.25, 0.3) is 0 Å². The number of quaternary nitrogens is 1. The summed E-state index contributed by atoms with van der Waals surface area (Å²) in [6, 6.07) is 0. The molecule has 0 aromatic carbocycles. The minimum Gasteiger partial charge on any atom is -0.726 e. The van der Waals surface area contributed by atoms with Gasteiger partial charge >= 0.3 is 0 Å². The molecule has 0 aliphatic heterocycles. The molecule has 0 aliphatic carbocycles. The molecule has 0 spiro atoms. The van der Waals surface area contributed by atoms with Gasteiger partial charge in [-0.3, -0.25) is 4.55 Å². The first-order valence-corrected chi connectivity index (χ1v) is 14.1. The second-order valence-corrected chi connectivity index (χ2v) is 9.60. The van der Waals surface area contributed by atoms with Crippen LogP contribution in [-0.2, 0) is 10.4 Å². The lowest BCUT2D eigenvalue weighted by Gasteiger charge is -2.35. The number of hydrogen-bond donors (Lipinski definition) is 1. The standard InChI is InChI=1S/C24H52N.H2O4S/c1-5-9-10-11-12-13-14-15-16-17-18-19-20-21-22-23-24-25(6-2,7-3)8-4;1-5(2,3)4/h5-24H2,1-4H3;(H2,1,2,3,4)/q+1;/p-1. The Balaban J connectivity index is 0. The zero-order valence-corrected chi connectivity index (χ0v) is 21.5. The molecule has 184 valence electrons. The molecule has 0 heterocycles. The van der Waals surface area contributed by atoms with Crippen molar-refractivity contribution in [3.8, 4) is 0 Å². The lowest BCUT2D eigenvalue weighted by molar-refractivity contribution is -0.923. The molecule has 0 atom stereocenters.